The lowest BCUT2D eigenvalue weighted by Gasteiger charge is -2.36. The Balaban J connectivity index is 1.67. The molecule has 1 heterocycles. The van der Waals surface area contributed by atoms with Gasteiger partial charge in [0.25, 0.3) is 0 Å². The van der Waals surface area contributed by atoms with Crippen LogP contribution >= 0.6 is 0 Å². The van der Waals surface area contributed by atoms with Gasteiger partial charge in [-0.1, -0.05) is 30.3 Å². The van der Waals surface area contributed by atoms with Gasteiger partial charge in [0.15, 0.2) is 0 Å². The number of imide groups is 1. The third-order valence-corrected chi connectivity index (χ3v) is 6.86. The highest BCUT2D eigenvalue weighted by Crippen LogP contribution is 2.23. The molecule has 2 amide bonds. The molecule has 1 aliphatic rings. The minimum Gasteiger partial charge on any atom is -0.453 e. The first kappa shape index (κ1) is 20.2. The van der Waals surface area contributed by atoms with Crippen LogP contribution in [0.3, 0.4) is 0 Å². The number of nitrogens with one attached hydrogen (secondary N) is 1. The number of ether oxygens (including phenoxy) is 1. The van der Waals surface area contributed by atoms with Crippen LogP contribution in [0.15, 0.2) is 47.4 Å². The fraction of sp³-hybridized carbons (Fsp3) is 0.368. The van der Waals surface area contributed by atoms with Crippen LogP contribution in [0.1, 0.15) is 6.92 Å². The predicted molar refractivity (Wildman–Crippen MR) is 104 cm³/mol. The van der Waals surface area contributed by atoms with E-state index in [1.165, 1.54) is 11.4 Å². The summed E-state index contributed by atoms with van der Waals surface area (Å²) >= 11 is 0. The molecule has 0 bridgehead atoms. The highest BCUT2D eigenvalue weighted by molar-refractivity contribution is 7.89. The highest BCUT2D eigenvalue weighted by Gasteiger charge is 2.32. The van der Waals surface area contributed by atoms with E-state index in [0.717, 1.165) is 10.8 Å². The Labute approximate surface area is 164 Å². The van der Waals surface area contributed by atoms with Gasteiger partial charge in [0, 0.05) is 26.2 Å². The van der Waals surface area contributed by atoms with Crippen molar-refractivity contribution in [2.45, 2.75) is 17.9 Å². The summed E-state index contributed by atoms with van der Waals surface area (Å²) < 4.78 is 31.8. The van der Waals surface area contributed by atoms with E-state index in [-0.39, 0.29) is 18.0 Å². The topological polar surface area (TPSA) is 96.0 Å². The van der Waals surface area contributed by atoms with Crippen molar-refractivity contribution < 1.29 is 22.7 Å². The van der Waals surface area contributed by atoms with Crippen molar-refractivity contribution >= 4 is 32.8 Å². The summed E-state index contributed by atoms with van der Waals surface area (Å²) in [5.41, 5.74) is 0. The van der Waals surface area contributed by atoms with Gasteiger partial charge < -0.3 is 4.74 Å². The van der Waals surface area contributed by atoms with Crippen molar-refractivity contribution in [1.29, 1.82) is 0 Å². The lowest BCUT2D eigenvalue weighted by molar-refractivity contribution is -0.125. The van der Waals surface area contributed by atoms with Gasteiger partial charge >= 0.3 is 6.09 Å². The molecule has 9 heteroatoms. The van der Waals surface area contributed by atoms with E-state index >= 15 is 0 Å². The third kappa shape index (κ3) is 4.16. The molecule has 0 unspecified atom stereocenters. The molecule has 0 saturated carbocycles. The molecule has 3 rings (SSSR count). The minimum atomic E-state index is -3.61. The molecule has 1 aliphatic heterocycles. The standard InChI is InChI=1S/C19H23N3O5S/c1-14(18(23)20-19(24)27-2)21-9-11-22(12-10-21)28(25,26)17-8-7-15-5-3-4-6-16(15)13-17/h3-8,13-14H,9-12H2,1-2H3,(H,20,23,24)/t14-/m0/s1. The van der Waals surface area contributed by atoms with Crippen LogP contribution in [0, 0.1) is 0 Å². The van der Waals surface area contributed by atoms with Gasteiger partial charge in [-0.2, -0.15) is 4.31 Å². The number of carbonyl (C=O) groups is 2. The lowest BCUT2D eigenvalue weighted by Crippen LogP contribution is -2.55. The Kier molecular flexibility index (Phi) is 5.97. The number of benzene rings is 2. The molecule has 150 valence electrons. The summed E-state index contributed by atoms with van der Waals surface area (Å²) in [5, 5.41) is 3.99. The van der Waals surface area contributed by atoms with Gasteiger partial charge in [0.2, 0.25) is 15.9 Å². The summed E-state index contributed by atoms with van der Waals surface area (Å²) in [5.74, 6) is -0.474. The zero-order chi connectivity index (χ0) is 20.3. The molecule has 1 atom stereocenters. The number of hydrogen-bond acceptors (Lipinski definition) is 6. The predicted octanol–water partition coefficient (Wildman–Crippen LogP) is 1.42. The van der Waals surface area contributed by atoms with E-state index < -0.39 is 28.1 Å². The monoisotopic (exact) mass is 405 g/mol. The van der Waals surface area contributed by atoms with E-state index in [2.05, 4.69) is 10.1 Å². The quantitative estimate of drug-likeness (QED) is 0.827. The van der Waals surface area contributed by atoms with Crippen LogP contribution in [0.2, 0.25) is 0 Å². The van der Waals surface area contributed by atoms with Crippen molar-refractivity contribution in [3.63, 3.8) is 0 Å². The number of nitrogens with zero attached hydrogens (tertiary/aromatic N) is 2. The van der Waals surface area contributed by atoms with E-state index in [4.69, 9.17) is 0 Å². The van der Waals surface area contributed by atoms with E-state index in [0.29, 0.717) is 13.1 Å². The van der Waals surface area contributed by atoms with Crippen molar-refractivity contribution in [3.05, 3.63) is 42.5 Å². The molecule has 0 spiro atoms. The second-order valence-electron chi connectivity index (χ2n) is 6.61. The highest BCUT2D eigenvalue weighted by atomic mass is 32.2. The Morgan fingerprint density at radius 3 is 2.32 bits per heavy atom. The second-order valence-corrected chi connectivity index (χ2v) is 8.54. The van der Waals surface area contributed by atoms with Crippen LogP contribution in [0.5, 0.6) is 0 Å². The number of amides is 2. The van der Waals surface area contributed by atoms with Crippen molar-refractivity contribution in [2.24, 2.45) is 0 Å². The Hall–Kier alpha value is -2.49. The van der Waals surface area contributed by atoms with Gasteiger partial charge in [-0.05, 0) is 29.8 Å². The third-order valence-electron chi connectivity index (χ3n) is 4.97. The summed E-state index contributed by atoms with van der Waals surface area (Å²) in [7, 11) is -2.43. The zero-order valence-corrected chi connectivity index (χ0v) is 16.6. The SMILES string of the molecule is COC(=O)NC(=O)[C@H](C)N1CCN(S(=O)(=O)c2ccc3ccccc3c2)CC1. The molecule has 0 aromatic heterocycles. The van der Waals surface area contributed by atoms with Crippen molar-refractivity contribution in [1.82, 2.24) is 14.5 Å². The number of alkyl carbamates (subject to hydrolysis) is 1. The van der Waals surface area contributed by atoms with Gasteiger partial charge in [-0.25, -0.2) is 13.2 Å². The Morgan fingerprint density at radius 2 is 1.68 bits per heavy atom. The maximum atomic E-state index is 13.0. The lowest BCUT2D eigenvalue weighted by atomic mass is 10.1. The molecular formula is C19H23N3O5S. The van der Waals surface area contributed by atoms with E-state index in [1.807, 2.05) is 29.2 Å². The first-order valence-electron chi connectivity index (χ1n) is 8.95. The first-order chi connectivity index (χ1) is 13.3. The molecule has 2 aromatic rings. The molecule has 0 radical (unpaired) electrons. The molecule has 8 nitrogen and oxygen atoms in total. The number of hydrogen-bond donors (Lipinski definition) is 1. The number of sulfonamides is 1. The molecule has 1 N–H and O–H groups in total. The molecule has 1 fully saturated rings. The van der Waals surface area contributed by atoms with Gasteiger partial charge in [0.1, 0.15) is 0 Å². The largest absolute Gasteiger partial charge is 0.453 e. The maximum absolute atomic E-state index is 13.0. The first-order valence-corrected chi connectivity index (χ1v) is 10.4. The van der Waals surface area contributed by atoms with Gasteiger partial charge in [-0.3, -0.25) is 15.0 Å². The number of fused-ring (bicyclic) bond motifs is 1. The summed E-state index contributed by atoms with van der Waals surface area (Å²) in [6.07, 6.45) is -0.811. The number of piperazine rings is 1. The number of rotatable bonds is 4. The van der Waals surface area contributed by atoms with Gasteiger partial charge in [0.05, 0.1) is 18.0 Å². The van der Waals surface area contributed by atoms with Crippen LogP contribution in [0.25, 0.3) is 10.8 Å². The van der Waals surface area contributed by atoms with Crippen LogP contribution < -0.4 is 5.32 Å². The van der Waals surface area contributed by atoms with Crippen molar-refractivity contribution in [2.75, 3.05) is 33.3 Å². The number of carbonyl (C=O) groups excluding carboxylic acids is 2. The summed E-state index contributed by atoms with van der Waals surface area (Å²) in [6, 6.07) is 12.1. The molecule has 28 heavy (non-hydrogen) atoms. The maximum Gasteiger partial charge on any atom is 0.413 e. The zero-order valence-electron chi connectivity index (χ0n) is 15.8. The summed E-state index contributed by atoms with van der Waals surface area (Å²) in [6.45, 7) is 2.99. The summed E-state index contributed by atoms with van der Waals surface area (Å²) in [4.78, 5) is 25.3. The minimum absolute atomic E-state index is 0.260. The molecule has 2 aromatic carbocycles. The number of methoxy groups -OCH3 is 1. The second kappa shape index (κ2) is 8.26. The Bertz CT molecular complexity index is 984. The fourth-order valence-corrected chi connectivity index (χ4v) is 4.69. The van der Waals surface area contributed by atoms with Crippen molar-refractivity contribution in [3.8, 4) is 0 Å². The van der Waals surface area contributed by atoms with Crippen LogP contribution in [-0.2, 0) is 19.6 Å². The molecular weight excluding hydrogens is 382 g/mol. The average molecular weight is 405 g/mol. The van der Waals surface area contributed by atoms with Gasteiger partial charge in [-0.15, -0.1) is 0 Å². The van der Waals surface area contributed by atoms with Crippen LogP contribution in [-0.4, -0.2) is 69.0 Å². The van der Waals surface area contributed by atoms with Crippen LogP contribution in [0.4, 0.5) is 4.79 Å². The molecule has 1 saturated heterocycles. The van der Waals surface area contributed by atoms with E-state index in [9.17, 15) is 18.0 Å². The average Bonchev–Trinajstić information content (AvgIpc) is 2.72. The fourth-order valence-electron chi connectivity index (χ4n) is 3.23. The Morgan fingerprint density at radius 1 is 1.04 bits per heavy atom. The molecule has 0 aliphatic carbocycles. The smallest absolute Gasteiger partial charge is 0.413 e. The normalized spacial score (nSPS) is 17.2. The van der Waals surface area contributed by atoms with E-state index in [1.54, 1.807) is 25.1 Å².